The van der Waals surface area contributed by atoms with Crippen LogP contribution in [0.1, 0.15) is 12.0 Å². The van der Waals surface area contributed by atoms with Gasteiger partial charge in [0.15, 0.2) is 12.6 Å². The summed E-state index contributed by atoms with van der Waals surface area (Å²) in [6, 6.07) is 15.5. The first kappa shape index (κ1) is 16.1. The predicted octanol–water partition coefficient (Wildman–Crippen LogP) is 4.28. The first-order valence-electron chi connectivity index (χ1n) is 7.41. The lowest BCUT2D eigenvalue weighted by Gasteiger charge is -2.19. The lowest BCUT2D eigenvalue weighted by Crippen LogP contribution is -2.30. The van der Waals surface area contributed by atoms with Crippen molar-refractivity contribution < 1.29 is 4.84 Å². The summed E-state index contributed by atoms with van der Waals surface area (Å²) in [6.07, 6.45) is 0.746. The average molecular weight is 350 g/mol. The molecule has 0 aromatic heterocycles. The molecule has 0 radical (unpaired) electrons. The van der Waals surface area contributed by atoms with E-state index in [9.17, 15) is 0 Å². The zero-order chi connectivity index (χ0) is 16.1. The van der Waals surface area contributed by atoms with E-state index in [0.29, 0.717) is 11.8 Å². The summed E-state index contributed by atoms with van der Waals surface area (Å²) in [5, 5.41) is 8.96. The number of para-hydroxylation sites is 1. The fraction of sp³-hybridized carbons (Fsp3) is 0.235. The topological polar surface area (TPSA) is 36.9 Å². The molecular weight excluding hydrogens is 333 g/mol. The summed E-state index contributed by atoms with van der Waals surface area (Å²) in [6.45, 7) is 1.89. The van der Waals surface area contributed by atoms with Gasteiger partial charge in [-0.25, -0.2) is 0 Å². The van der Waals surface area contributed by atoms with Crippen molar-refractivity contribution in [3.05, 3.63) is 64.1 Å². The molecule has 0 bridgehead atoms. The van der Waals surface area contributed by atoms with Crippen molar-refractivity contribution in [3.63, 3.8) is 0 Å². The van der Waals surface area contributed by atoms with Crippen LogP contribution in [-0.2, 0) is 11.4 Å². The minimum atomic E-state index is 0.392. The van der Waals surface area contributed by atoms with Crippen molar-refractivity contribution in [2.45, 2.75) is 13.0 Å². The van der Waals surface area contributed by atoms with Crippen LogP contribution in [0.2, 0.25) is 10.0 Å². The molecule has 0 saturated carbocycles. The Morgan fingerprint density at radius 2 is 1.78 bits per heavy atom. The summed E-state index contributed by atoms with van der Waals surface area (Å²) < 4.78 is 0. The summed E-state index contributed by atoms with van der Waals surface area (Å²) in [7, 11) is 0. The van der Waals surface area contributed by atoms with Gasteiger partial charge in [0, 0.05) is 24.5 Å². The standard InChI is InChI=1S/C17H17Cl2N3O/c18-14-6-2-1-5-13(14)11-20-10-9-17-21-23-12-22(17)16-8-4-3-7-15(16)19/h1-8,20H,9-12H2. The molecule has 0 spiro atoms. The zero-order valence-electron chi connectivity index (χ0n) is 12.5. The van der Waals surface area contributed by atoms with Crippen molar-refractivity contribution >= 4 is 34.7 Å². The molecule has 0 saturated heterocycles. The summed E-state index contributed by atoms with van der Waals surface area (Å²) in [4.78, 5) is 7.21. The minimum Gasteiger partial charge on any atom is -0.372 e. The lowest BCUT2D eigenvalue weighted by atomic mass is 10.2. The maximum atomic E-state index is 6.25. The minimum absolute atomic E-state index is 0.392. The molecule has 3 rings (SSSR count). The smallest absolute Gasteiger partial charge is 0.195 e. The molecule has 23 heavy (non-hydrogen) atoms. The van der Waals surface area contributed by atoms with Gasteiger partial charge in [-0.2, -0.15) is 0 Å². The Morgan fingerprint density at radius 1 is 1.04 bits per heavy atom. The van der Waals surface area contributed by atoms with E-state index < -0.39 is 0 Å². The van der Waals surface area contributed by atoms with E-state index in [0.717, 1.165) is 41.6 Å². The highest BCUT2D eigenvalue weighted by Gasteiger charge is 2.21. The van der Waals surface area contributed by atoms with Gasteiger partial charge in [0.25, 0.3) is 0 Å². The van der Waals surface area contributed by atoms with E-state index in [-0.39, 0.29) is 0 Å². The normalized spacial score (nSPS) is 13.8. The van der Waals surface area contributed by atoms with Crippen LogP contribution in [0.4, 0.5) is 5.69 Å². The maximum Gasteiger partial charge on any atom is 0.195 e. The number of anilines is 1. The van der Waals surface area contributed by atoms with Crippen molar-refractivity contribution in [2.75, 3.05) is 18.2 Å². The molecule has 1 N–H and O–H groups in total. The largest absolute Gasteiger partial charge is 0.372 e. The van der Waals surface area contributed by atoms with Crippen LogP contribution in [-0.4, -0.2) is 19.1 Å². The molecular formula is C17H17Cl2N3O. The number of hydrogen-bond donors (Lipinski definition) is 1. The Morgan fingerprint density at radius 3 is 2.57 bits per heavy atom. The van der Waals surface area contributed by atoms with Gasteiger partial charge < -0.3 is 10.2 Å². The molecule has 1 aliphatic heterocycles. The van der Waals surface area contributed by atoms with Gasteiger partial charge in [-0.15, -0.1) is 0 Å². The van der Waals surface area contributed by atoms with Crippen molar-refractivity contribution in [1.29, 1.82) is 0 Å². The van der Waals surface area contributed by atoms with Crippen LogP contribution in [0.3, 0.4) is 0 Å². The number of rotatable bonds is 6. The van der Waals surface area contributed by atoms with Crippen LogP contribution in [0.25, 0.3) is 0 Å². The number of benzene rings is 2. The van der Waals surface area contributed by atoms with Gasteiger partial charge in [0.1, 0.15) is 0 Å². The first-order chi connectivity index (χ1) is 11.3. The summed E-state index contributed by atoms with van der Waals surface area (Å²) >= 11 is 12.4. The molecule has 2 aromatic carbocycles. The number of halogens is 2. The molecule has 2 aromatic rings. The number of amidine groups is 1. The maximum absolute atomic E-state index is 6.25. The van der Waals surface area contributed by atoms with Gasteiger partial charge in [-0.05, 0) is 23.8 Å². The molecule has 0 atom stereocenters. The molecule has 0 amide bonds. The molecule has 0 aliphatic carbocycles. The van der Waals surface area contributed by atoms with Crippen LogP contribution in [0, 0.1) is 0 Å². The SMILES string of the molecule is Clc1ccccc1CNCCC1=NOCN1c1ccccc1Cl. The van der Waals surface area contributed by atoms with E-state index >= 15 is 0 Å². The number of oxime groups is 1. The second-order valence-corrected chi connectivity index (χ2v) is 5.98. The van der Waals surface area contributed by atoms with Gasteiger partial charge in [0.2, 0.25) is 0 Å². The first-order valence-corrected chi connectivity index (χ1v) is 8.16. The fourth-order valence-electron chi connectivity index (χ4n) is 2.41. The van der Waals surface area contributed by atoms with Gasteiger partial charge in [-0.1, -0.05) is 58.7 Å². The predicted molar refractivity (Wildman–Crippen MR) is 95.1 cm³/mol. The van der Waals surface area contributed by atoms with Crippen LogP contribution in [0.5, 0.6) is 0 Å². The van der Waals surface area contributed by atoms with Crippen molar-refractivity contribution in [1.82, 2.24) is 5.32 Å². The van der Waals surface area contributed by atoms with Gasteiger partial charge in [0.05, 0.1) is 10.7 Å². The highest BCUT2D eigenvalue weighted by atomic mass is 35.5. The van der Waals surface area contributed by atoms with E-state index in [1.54, 1.807) is 0 Å². The number of hydrogen-bond acceptors (Lipinski definition) is 4. The quantitative estimate of drug-likeness (QED) is 0.790. The Kier molecular flexibility index (Phi) is 5.39. The lowest BCUT2D eigenvalue weighted by molar-refractivity contribution is 0.174. The van der Waals surface area contributed by atoms with Crippen LogP contribution >= 0.6 is 23.2 Å². The molecule has 0 fully saturated rings. The average Bonchev–Trinajstić information content (AvgIpc) is 3.02. The van der Waals surface area contributed by atoms with Crippen LogP contribution in [0.15, 0.2) is 53.7 Å². The van der Waals surface area contributed by atoms with Crippen molar-refractivity contribution in [3.8, 4) is 0 Å². The zero-order valence-corrected chi connectivity index (χ0v) is 14.0. The number of nitrogens with one attached hydrogen (secondary N) is 1. The summed E-state index contributed by atoms with van der Waals surface area (Å²) in [5.41, 5.74) is 2.00. The van der Waals surface area contributed by atoms with Crippen molar-refractivity contribution in [2.24, 2.45) is 5.16 Å². The monoisotopic (exact) mass is 349 g/mol. The van der Waals surface area contributed by atoms with Crippen LogP contribution < -0.4 is 10.2 Å². The summed E-state index contributed by atoms with van der Waals surface area (Å²) in [5.74, 6) is 0.866. The highest BCUT2D eigenvalue weighted by molar-refractivity contribution is 6.34. The third-order valence-corrected chi connectivity index (χ3v) is 4.30. The van der Waals surface area contributed by atoms with Gasteiger partial charge >= 0.3 is 0 Å². The van der Waals surface area contributed by atoms with E-state index in [4.69, 9.17) is 28.0 Å². The number of nitrogens with zero attached hydrogens (tertiary/aromatic N) is 2. The molecule has 6 heteroatoms. The molecule has 4 nitrogen and oxygen atoms in total. The third kappa shape index (κ3) is 3.96. The Hall–Kier alpha value is -1.75. The third-order valence-electron chi connectivity index (χ3n) is 3.61. The molecule has 1 heterocycles. The Bertz CT molecular complexity index is 706. The Balaban J connectivity index is 1.54. The van der Waals surface area contributed by atoms with Gasteiger partial charge in [-0.3, -0.25) is 4.90 Å². The van der Waals surface area contributed by atoms with E-state index in [1.807, 2.05) is 53.4 Å². The van der Waals surface area contributed by atoms with E-state index in [2.05, 4.69) is 10.5 Å². The Labute approximate surface area is 145 Å². The molecule has 120 valence electrons. The molecule has 0 unspecified atom stereocenters. The fourth-order valence-corrected chi connectivity index (χ4v) is 2.85. The second-order valence-electron chi connectivity index (χ2n) is 5.16. The van der Waals surface area contributed by atoms with E-state index in [1.165, 1.54) is 0 Å². The highest BCUT2D eigenvalue weighted by Crippen LogP contribution is 2.27. The second kappa shape index (κ2) is 7.68. The molecule has 1 aliphatic rings.